The zero-order chi connectivity index (χ0) is 62.6. The van der Waals surface area contributed by atoms with Crippen LogP contribution < -0.4 is 4.89 Å². The molecule has 0 heterocycles. The molecule has 0 saturated heterocycles. The Balaban J connectivity index is 3.92. The van der Waals surface area contributed by atoms with Crippen LogP contribution >= 0.6 is 7.82 Å². The number of phosphoric acid groups is 1. The third-order valence-corrected chi connectivity index (χ3v) is 17.5. The first-order chi connectivity index (χ1) is 42.0. The highest BCUT2D eigenvalue weighted by Crippen LogP contribution is 2.38. The normalized spacial score (nSPS) is 13.4. The third-order valence-electron chi connectivity index (χ3n) is 16.6. The molecule has 0 aromatic rings. The van der Waals surface area contributed by atoms with Crippen LogP contribution in [0.5, 0.6) is 0 Å². The molecular weight excluding hydrogens is 1090 g/mol. The van der Waals surface area contributed by atoms with Crippen molar-refractivity contribution in [3.8, 4) is 0 Å². The molecule has 0 fully saturated rings. The second-order valence-corrected chi connectivity index (χ2v) is 27.7. The Hall–Kier alpha value is -2.29. The first-order valence-electron chi connectivity index (χ1n) is 37.0. The predicted molar refractivity (Wildman–Crippen MR) is 370 cm³/mol. The van der Waals surface area contributed by atoms with E-state index in [0.717, 1.165) is 64.2 Å². The lowest BCUT2D eigenvalue weighted by atomic mass is 10.0. The molecule has 2 unspecified atom stereocenters. The van der Waals surface area contributed by atoms with Crippen LogP contribution in [0, 0.1) is 0 Å². The first-order valence-corrected chi connectivity index (χ1v) is 38.5. The van der Waals surface area contributed by atoms with Crippen LogP contribution in [0.1, 0.15) is 361 Å². The largest absolute Gasteiger partial charge is 0.756 e. The highest BCUT2D eigenvalue weighted by Gasteiger charge is 2.22. The van der Waals surface area contributed by atoms with Crippen LogP contribution in [0.15, 0.2) is 60.8 Å². The van der Waals surface area contributed by atoms with Gasteiger partial charge in [-0.15, -0.1) is 0 Å². The van der Waals surface area contributed by atoms with Gasteiger partial charge < -0.3 is 27.9 Å². The summed E-state index contributed by atoms with van der Waals surface area (Å²) in [5.41, 5.74) is 0. The van der Waals surface area contributed by atoms with E-state index in [1.807, 2.05) is 21.1 Å². The minimum Gasteiger partial charge on any atom is -0.756 e. The van der Waals surface area contributed by atoms with Crippen molar-refractivity contribution >= 4 is 19.8 Å². The zero-order valence-electron chi connectivity index (χ0n) is 57.5. The fraction of sp³-hybridized carbons (Fsp3) is 0.842. The van der Waals surface area contributed by atoms with Crippen LogP contribution in [-0.4, -0.2) is 70.0 Å². The van der Waals surface area contributed by atoms with Gasteiger partial charge in [0.1, 0.15) is 19.8 Å². The fourth-order valence-electron chi connectivity index (χ4n) is 10.9. The summed E-state index contributed by atoms with van der Waals surface area (Å²) in [5.74, 6) is -0.810. The van der Waals surface area contributed by atoms with E-state index < -0.39 is 26.5 Å². The van der Waals surface area contributed by atoms with Gasteiger partial charge in [0.2, 0.25) is 0 Å². The van der Waals surface area contributed by atoms with Gasteiger partial charge >= 0.3 is 11.9 Å². The fourth-order valence-corrected chi connectivity index (χ4v) is 11.7. The number of ether oxygens (including phenoxy) is 2. The summed E-state index contributed by atoms with van der Waals surface area (Å²) in [6, 6.07) is 0. The number of carbonyl (C=O) groups is 2. The second-order valence-electron chi connectivity index (χ2n) is 26.3. The number of nitrogens with zero attached hydrogens (tertiary/aromatic N) is 1. The van der Waals surface area contributed by atoms with Gasteiger partial charge in [0.25, 0.3) is 7.82 Å². The number of rotatable bonds is 69. The van der Waals surface area contributed by atoms with Crippen LogP contribution in [0.25, 0.3) is 0 Å². The second kappa shape index (κ2) is 67.1. The molecule has 0 aliphatic heterocycles. The predicted octanol–water partition coefficient (Wildman–Crippen LogP) is 23.5. The number of allylic oxidation sites excluding steroid dienone is 10. The molecule has 0 amide bonds. The Morgan fingerprint density at radius 1 is 0.372 bits per heavy atom. The maximum Gasteiger partial charge on any atom is 0.306 e. The Bertz CT molecular complexity index is 1630. The highest BCUT2D eigenvalue weighted by molar-refractivity contribution is 7.45. The van der Waals surface area contributed by atoms with Crippen molar-refractivity contribution < 1.29 is 42.1 Å². The Kier molecular flexibility index (Phi) is 65.3. The average molecular weight is 1230 g/mol. The van der Waals surface area contributed by atoms with Crippen LogP contribution in [0.3, 0.4) is 0 Å². The van der Waals surface area contributed by atoms with E-state index in [1.165, 1.54) is 263 Å². The number of phosphoric ester groups is 1. The van der Waals surface area contributed by atoms with Crippen molar-refractivity contribution in [1.29, 1.82) is 0 Å². The molecule has 10 heteroatoms. The molecule has 0 spiro atoms. The molecule has 86 heavy (non-hydrogen) atoms. The molecular formula is C76H142NO8P. The van der Waals surface area contributed by atoms with Crippen molar-refractivity contribution in [2.75, 3.05) is 47.5 Å². The Labute approximate surface area is 534 Å². The lowest BCUT2D eigenvalue weighted by molar-refractivity contribution is -0.870. The number of likely N-dealkylation sites (N-methyl/N-ethyl adjacent to an activating group) is 1. The van der Waals surface area contributed by atoms with Gasteiger partial charge in [-0.05, 0) is 57.8 Å². The van der Waals surface area contributed by atoms with E-state index in [4.69, 9.17) is 18.5 Å². The van der Waals surface area contributed by atoms with Gasteiger partial charge in [-0.25, -0.2) is 0 Å². The van der Waals surface area contributed by atoms with Crippen LogP contribution in [0.2, 0.25) is 0 Å². The van der Waals surface area contributed by atoms with Crippen molar-refractivity contribution in [2.24, 2.45) is 0 Å². The zero-order valence-corrected chi connectivity index (χ0v) is 58.4. The van der Waals surface area contributed by atoms with Crippen LogP contribution in [-0.2, 0) is 32.7 Å². The lowest BCUT2D eigenvalue weighted by Gasteiger charge is -2.28. The maximum atomic E-state index is 12.9. The molecule has 0 aliphatic rings. The molecule has 0 aliphatic carbocycles. The maximum absolute atomic E-state index is 12.9. The summed E-state index contributed by atoms with van der Waals surface area (Å²) in [5, 5.41) is 0. The van der Waals surface area contributed by atoms with E-state index in [2.05, 4.69) is 74.6 Å². The monoisotopic (exact) mass is 1230 g/mol. The molecule has 0 N–H and O–H groups in total. The number of hydrogen-bond donors (Lipinski definition) is 0. The molecule has 0 aromatic heterocycles. The van der Waals surface area contributed by atoms with E-state index >= 15 is 0 Å². The van der Waals surface area contributed by atoms with E-state index in [-0.39, 0.29) is 32.0 Å². The minimum absolute atomic E-state index is 0.0279. The topological polar surface area (TPSA) is 111 Å². The quantitative estimate of drug-likeness (QED) is 0.0195. The van der Waals surface area contributed by atoms with Gasteiger partial charge in [-0.2, -0.15) is 0 Å². The summed E-state index contributed by atoms with van der Waals surface area (Å²) >= 11 is 0. The lowest BCUT2D eigenvalue weighted by Crippen LogP contribution is -2.37. The summed E-state index contributed by atoms with van der Waals surface area (Å²) < 4.78 is 34.4. The summed E-state index contributed by atoms with van der Waals surface area (Å²) in [6.07, 6.45) is 89.0. The number of quaternary nitrogens is 1. The molecule has 2 atom stereocenters. The van der Waals surface area contributed by atoms with Gasteiger partial charge in [0, 0.05) is 12.8 Å². The van der Waals surface area contributed by atoms with Crippen LogP contribution in [0.4, 0.5) is 0 Å². The summed E-state index contributed by atoms with van der Waals surface area (Å²) in [7, 11) is 1.19. The smallest absolute Gasteiger partial charge is 0.306 e. The Morgan fingerprint density at radius 3 is 0.988 bits per heavy atom. The van der Waals surface area contributed by atoms with Gasteiger partial charge in [0.05, 0.1) is 27.7 Å². The first kappa shape index (κ1) is 83.7. The number of esters is 2. The molecule has 504 valence electrons. The Morgan fingerprint density at radius 2 is 0.663 bits per heavy atom. The highest BCUT2D eigenvalue weighted by atomic mass is 31.2. The van der Waals surface area contributed by atoms with E-state index in [9.17, 15) is 19.0 Å². The van der Waals surface area contributed by atoms with Crippen molar-refractivity contribution in [2.45, 2.75) is 367 Å². The molecule has 0 rings (SSSR count). The van der Waals surface area contributed by atoms with Gasteiger partial charge in [-0.3, -0.25) is 14.2 Å². The molecule has 0 bridgehead atoms. The van der Waals surface area contributed by atoms with E-state index in [0.29, 0.717) is 17.4 Å². The number of carbonyl (C=O) groups excluding carboxylic acids is 2. The van der Waals surface area contributed by atoms with Crippen molar-refractivity contribution in [3.05, 3.63) is 60.8 Å². The number of hydrogen-bond acceptors (Lipinski definition) is 8. The summed E-state index contributed by atoms with van der Waals surface area (Å²) in [4.78, 5) is 38.1. The van der Waals surface area contributed by atoms with Gasteiger partial charge in [-0.1, -0.05) is 351 Å². The standard InChI is InChI=1S/C76H142NO8P/c1-6-8-10-12-14-16-18-20-22-24-26-28-30-31-32-33-34-35-36-37-38-39-40-41-42-43-44-45-47-49-51-53-55-57-59-61-63-65-67-69-76(79)85-74(73-84-86(80,81)83-71-70-77(3,4)5)72-82-75(78)68-66-64-62-60-58-56-54-52-50-48-46-29-27-25-23-21-19-17-15-13-11-9-7-2/h8,10,14,16,20,22,26,28,31-32,74H,6-7,9,11-13,15,17-19,21,23-25,27,29-30,33-73H2,1-5H3/b10-8-,16-14-,22-20-,28-26-,32-31-. The SMILES string of the molecule is CC/C=C\C/C=C\C/C=C\C/C=C\C/C=C\CCCCCCCCCCCCCCCCCCCCCCCCCC(=O)OC(COC(=O)CCCCCCCCCCCCCCCCCCCCCCCCC)COP(=O)([O-])OCC[N+](C)(C)C. The molecule has 0 aromatic carbocycles. The third kappa shape index (κ3) is 70.8. The van der Waals surface area contributed by atoms with E-state index in [1.54, 1.807) is 0 Å². The average Bonchev–Trinajstić information content (AvgIpc) is 3.56. The van der Waals surface area contributed by atoms with Crippen molar-refractivity contribution in [1.82, 2.24) is 0 Å². The molecule has 9 nitrogen and oxygen atoms in total. The summed E-state index contributed by atoms with van der Waals surface area (Å²) in [6.45, 7) is 4.20. The molecule has 0 saturated carbocycles. The van der Waals surface area contributed by atoms with Gasteiger partial charge in [0.15, 0.2) is 6.10 Å². The number of unbranched alkanes of at least 4 members (excludes halogenated alkanes) is 45. The van der Waals surface area contributed by atoms with Crippen molar-refractivity contribution in [3.63, 3.8) is 0 Å². The molecule has 0 radical (unpaired) electrons. The minimum atomic E-state index is -4.64.